The summed E-state index contributed by atoms with van der Waals surface area (Å²) in [6, 6.07) is 0. The number of hydrogen-bond donors (Lipinski definition) is 1. The largest absolute Gasteiger partial charge is 0.330 e. The molecule has 1 aromatic rings. The smallest absolute Gasteiger partial charge is 0.186 e. The van der Waals surface area contributed by atoms with Crippen molar-refractivity contribution in [3.05, 3.63) is 10.3 Å². The molecule has 0 radical (unpaired) electrons. The molecular weight excluding hydrogens is 260 g/mol. The maximum atomic E-state index is 12.0. The Morgan fingerprint density at radius 3 is 2.80 bits per heavy atom. The summed E-state index contributed by atoms with van der Waals surface area (Å²) in [5.41, 5.74) is 5.93. The Morgan fingerprint density at radius 2 is 2.33 bits per heavy atom. The maximum Gasteiger partial charge on any atom is 0.186 e. The molecule has 0 aliphatic rings. The fraction of sp³-hybridized carbons (Fsp3) is 0.667. The Morgan fingerprint density at radius 1 is 1.67 bits per heavy atom. The number of Topliss-reactive ketones (excluding diaryl/α,β-unsaturated/α-hetero) is 1. The van der Waals surface area contributed by atoms with Gasteiger partial charge in [-0.05, 0) is 35.3 Å². The molecule has 1 aromatic heterocycles. The van der Waals surface area contributed by atoms with E-state index in [4.69, 9.17) is 5.73 Å². The number of rotatable bonds is 5. The summed E-state index contributed by atoms with van der Waals surface area (Å²) in [5, 5.41) is 7.56. The van der Waals surface area contributed by atoms with Crippen molar-refractivity contribution < 1.29 is 4.79 Å². The molecule has 2 N–H and O–H groups in total. The summed E-state index contributed by atoms with van der Waals surface area (Å²) in [5.74, 6) is 0.0184. The first-order valence-electron chi connectivity index (χ1n) is 4.87. The zero-order chi connectivity index (χ0) is 11.4. The van der Waals surface area contributed by atoms with Crippen molar-refractivity contribution >= 4 is 21.7 Å². The van der Waals surface area contributed by atoms with Gasteiger partial charge < -0.3 is 5.73 Å². The summed E-state index contributed by atoms with van der Waals surface area (Å²) in [6.45, 7) is 2.51. The van der Waals surface area contributed by atoms with Gasteiger partial charge >= 0.3 is 0 Å². The number of nitrogens with two attached hydrogens (primary N) is 1. The zero-order valence-corrected chi connectivity index (χ0v) is 10.5. The molecule has 1 rings (SSSR count). The third-order valence-corrected chi connectivity index (χ3v) is 2.84. The van der Waals surface area contributed by atoms with Crippen molar-refractivity contribution in [2.75, 3.05) is 6.54 Å². The number of nitrogens with zero attached hydrogens (tertiary/aromatic N) is 3. The van der Waals surface area contributed by atoms with E-state index in [1.165, 1.54) is 4.68 Å². The third kappa shape index (κ3) is 2.85. The molecule has 5 nitrogen and oxygen atoms in total. The highest BCUT2D eigenvalue weighted by Crippen LogP contribution is 2.18. The second-order valence-corrected chi connectivity index (χ2v) is 4.30. The molecule has 0 amide bonds. The third-order valence-electron chi connectivity index (χ3n) is 2.31. The first-order valence-corrected chi connectivity index (χ1v) is 5.66. The normalized spacial score (nSPS) is 12.8. The van der Waals surface area contributed by atoms with E-state index in [-0.39, 0.29) is 11.7 Å². The average molecular weight is 275 g/mol. The van der Waals surface area contributed by atoms with Gasteiger partial charge in [-0.15, -0.1) is 5.10 Å². The molecule has 1 heterocycles. The van der Waals surface area contributed by atoms with Crippen LogP contribution in [0.2, 0.25) is 0 Å². The predicted molar refractivity (Wildman–Crippen MR) is 60.5 cm³/mol. The highest BCUT2D eigenvalue weighted by atomic mass is 79.9. The van der Waals surface area contributed by atoms with Gasteiger partial charge in [0.1, 0.15) is 5.69 Å². The van der Waals surface area contributed by atoms with E-state index >= 15 is 0 Å². The number of carbonyl (C=O) groups is 1. The van der Waals surface area contributed by atoms with E-state index in [1.807, 2.05) is 6.92 Å². The van der Waals surface area contributed by atoms with Crippen LogP contribution in [-0.4, -0.2) is 27.3 Å². The Labute approximate surface area is 97.2 Å². The SMILES string of the molecule is CC(CCCN)C(=O)c1c(Br)nnn1C. The summed E-state index contributed by atoms with van der Waals surface area (Å²) in [7, 11) is 1.71. The van der Waals surface area contributed by atoms with Crippen molar-refractivity contribution in [2.45, 2.75) is 19.8 Å². The number of carbonyl (C=O) groups excluding carboxylic acids is 1. The van der Waals surface area contributed by atoms with Crippen molar-refractivity contribution in [3.8, 4) is 0 Å². The van der Waals surface area contributed by atoms with E-state index in [0.29, 0.717) is 16.8 Å². The zero-order valence-electron chi connectivity index (χ0n) is 8.90. The van der Waals surface area contributed by atoms with Crippen LogP contribution in [0.3, 0.4) is 0 Å². The molecule has 1 atom stereocenters. The Hall–Kier alpha value is -0.750. The average Bonchev–Trinajstić information content (AvgIpc) is 2.54. The second kappa shape index (κ2) is 5.37. The van der Waals surface area contributed by atoms with Crippen molar-refractivity contribution in [2.24, 2.45) is 18.7 Å². The molecule has 1 unspecified atom stereocenters. The van der Waals surface area contributed by atoms with Gasteiger partial charge in [0.05, 0.1) is 0 Å². The number of hydrogen-bond acceptors (Lipinski definition) is 4. The van der Waals surface area contributed by atoms with E-state index < -0.39 is 0 Å². The monoisotopic (exact) mass is 274 g/mol. The lowest BCUT2D eigenvalue weighted by Gasteiger charge is -2.09. The lowest BCUT2D eigenvalue weighted by molar-refractivity contribution is 0.0912. The summed E-state index contributed by atoms with van der Waals surface area (Å²) in [6.07, 6.45) is 1.66. The van der Waals surface area contributed by atoms with Gasteiger partial charge in [-0.3, -0.25) is 4.79 Å². The van der Waals surface area contributed by atoms with Crippen LogP contribution in [0.5, 0.6) is 0 Å². The molecule has 6 heteroatoms. The summed E-state index contributed by atoms with van der Waals surface area (Å²) < 4.78 is 2.00. The first-order chi connectivity index (χ1) is 7.07. The van der Waals surface area contributed by atoms with E-state index in [2.05, 4.69) is 26.2 Å². The van der Waals surface area contributed by atoms with Gasteiger partial charge in [0.15, 0.2) is 10.4 Å². The van der Waals surface area contributed by atoms with Crippen LogP contribution < -0.4 is 5.73 Å². The Balaban J connectivity index is 2.76. The van der Waals surface area contributed by atoms with Crippen LogP contribution in [-0.2, 0) is 7.05 Å². The molecule has 0 aliphatic heterocycles. The van der Waals surface area contributed by atoms with Gasteiger partial charge in [0.25, 0.3) is 0 Å². The van der Waals surface area contributed by atoms with Crippen LogP contribution in [0.4, 0.5) is 0 Å². The predicted octanol–water partition coefficient (Wildman–Crippen LogP) is 1.14. The number of halogens is 1. The van der Waals surface area contributed by atoms with Crippen LogP contribution in [0.15, 0.2) is 4.60 Å². The van der Waals surface area contributed by atoms with Crippen LogP contribution in [0.25, 0.3) is 0 Å². The fourth-order valence-electron chi connectivity index (χ4n) is 1.38. The van der Waals surface area contributed by atoms with Gasteiger partial charge in [-0.2, -0.15) is 0 Å². The molecule has 0 aliphatic carbocycles. The molecule has 0 saturated carbocycles. The molecule has 0 fully saturated rings. The van der Waals surface area contributed by atoms with Gasteiger partial charge in [0.2, 0.25) is 0 Å². The maximum absolute atomic E-state index is 12.0. The summed E-state index contributed by atoms with van der Waals surface area (Å²) >= 11 is 3.21. The van der Waals surface area contributed by atoms with E-state index in [1.54, 1.807) is 7.05 Å². The van der Waals surface area contributed by atoms with Crippen molar-refractivity contribution in [3.63, 3.8) is 0 Å². The second-order valence-electron chi connectivity index (χ2n) is 3.55. The summed E-state index contributed by atoms with van der Waals surface area (Å²) in [4.78, 5) is 12.0. The Bertz CT molecular complexity index is 330. The lowest BCUT2D eigenvalue weighted by Crippen LogP contribution is -2.17. The van der Waals surface area contributed by atoms with Gasteiger partial charge in [0, 0.05) is 13.0 Å². The molecule has 0 bridgehead atoms. The Kier molecular flexibility index (Phi) is 4.41. The van der Waals surface area contributed by atoms with E-state index in [9.17, 15) is 4.79 Å². The molecule has 0 saturated heterocycles. The minimum absolute atomic E-state index is 0.0398. The standard InChI is InChI=1S/C9H15BrN4O/c1-6(4-3-5-11)8(15)7-9(10)12-13-14(7)2/h6H,3-5,11H2,1-2H3. The quantitative estimate of drug-likeness (QED) is 0.818. The molecule has 84 valence electrons. The molecule has 15 heavy (non-hydrogen) atoms. The number of ketones is 1. The molecular formula is C9H15BrN4O. The van der Waals surface area contributed by atoms with Gasteiger partial charge in [-0.25, -0.2) is 4.68 Å². The van der Waals surface area contributed by atoms with Crippen LogP contribution in [0.1, 0.15) is 30.3 Å². The van der Waals surface area contributed by atoms with Crippen LogP contribution >= 0.6 is 15.9 Å². The van der Waals surface area contributed by atoms with E-state index in [0.717, 1.165) is 12.8 Å². The number of aromatic nitrogens is 3. The van der Waals surface area contributed by atoms with Crippen molar-refractivity contribution in [1.82, 2.24) is 15.0 Å². The minimum Gasteiger partial charge on any atom is -0.330 e. The highest BCUT2D eigenvalue weighted by Gasteiger charge is 2.21. The van der Waals surface area contributed by atoms with Crippen LogP contribution in [0, 0.1) is 5.92 Å². The fourth-order valence-corrected chi connectivity index (χ4v) is 1.90. The van der Waals surface area contributed by atoms with Crippen molar-refractivity contribution in [1.29, 1.82) is 0 Å². The van der Waals surface area contributed by atoms with Gasteiger partial charge in [-0.1, -0.05) is 12.1 Å². The lowest BCUT2D eigenvalue weighted by atomic mass is 9.98. The topological polar surface area (TPSA) is 73.8 Å². The minimum atomic E-state index is -0.0398. The molecule has 0 spiro atoms. The molecule has 0 aromatic carbocycles. The first kappa shape index (κ1) is 12.3. The number of aryl methyl sites for hydroxylation is 1. The highest BCUT2D eigenvalue weighted by molar-refractivity contribution is 9.10.